The van der Waals surface area contributed by atoms with Crippen LogP contribution in [-0.4, -0.2) is 28.9 Å². The van der Waals surface area contributed by atoms with Crippen LogP contribution in [0.4, 0.5) is 0 Å². The standard InChI is InChI=1S/C19H26N2O4/c1-5-6-7-15(17(23)24)21-16(22)14-10-8-13(9-11-14)12-20-18(25)19(2,3)4/h5-6,8-11,15H,7,12H2,1-4H3,(H,20,25)(H,21,22)(H,23,24)/b6-5+. The van der Waals surface area contributed by atoms with Gasteiger partial charge in [0, 0.05) is 17.5 Å². The van der Waals surface area contributed by atoms with E-state index in [1.54, 1.807) is 43.3 Å². The lowest BCUT2D eigenvalue weighted by molar-refractivity contribution is -0.139. The SMILES string of the molecule is C/C=C/CC(NC(=O)c1ccc(CNC(=O)C(C)(C)C)cc1)C(=O)O. The number of carbonyl (C=O) groups excluding carboxylic acids is 2. The third-order valence-electron chi connectivity index (χ3n) is 3.56. The number of hydrogen-bond acceptors (Lipinski definition) is 3. The summed E-state index contributed by atoms with van der Waals surface area (Å²) < 4.78 is 0. The molecule has 0 radical (unpaired) electrons. The number of rotatable bonds is 7. The number of carbonyl (C=O) groups is 3. The highest BCUT2D eigenvalue weighted by Crippen LogP contribution is 2.13. The molecule has 0 bridgehead atoms. The normalized spacial score (nSPS) is 12.6. The lowest BCUT2D eigenvalue weighted by Gasteiger charge is -2.17. The average molecular weight is 346 g/mol. The molecule has 136 valence electrons. The third-order valence-corrected chi connectivity index (χ3v) is 3.56. The van der Waals surface area contributed by atoms with Gasteiger partial charge in [0.25, 0.3) is 5.91 Å². The van der Waals surface area contributed by atoms with Crippen LogP contribution in [0.2, 0.25) is 0 Å². The molecule has 0 aromatic heterocycles. The van der Waals surface area contributed by atoms with Crippen molar-refractivity contribution in [3.05, 3.63) is 47.5 Å². The van der Waals surface area contributed by atoms with Gasteiger partial charge in [-0.05, 0) is 31.0 Å². The number of benzene rings is 1. The van der Waals surface area contributed by atoms with Crippen molar-refractivity contribution in [3.8, 4) is 0 Å². The largest absolute Gasteiger partial charge is 0.480 e. The molecule has 2 amide bonds. The molecule has 1 atom stereocenters. The Balaban J connectivity index is 2.67. The number of aliphatic carboxylic acids is 1. The lowest BCUT2D eigenvalue weighted by atomic mass is 9.95. The number of allylic oxidation sites excluding steroid dienone is 1. The maximum Gasteiger partial charge on any atom is 0.326 e. The highest BCUT2D eigenvalue weighted by molar-refractivity contribution is 5.96. The molecule has 0 spiro atoms. The second kappa shape index (κ2) is 9.01. The topological polar surface area (TPSA) is 95.5 Å². The van der Waals surface area contributed by atoms with Gasteiger partial charge >= 0.3 is 5.97 Å². The third kappa shape index (κ3) is 6.79. The first-order valence-electron chi connectivity index (χ1n) is 8.17. The van der Waals surface area contributed by atoms with Gasteiger partial charge in [0.2, 0.25) is 5.91 Å². The molecule has 3 N–H and O–H groups in total. The summed E-state index contributed by atoms with van der Waals surface area (Å²) in [6.07, 6.45) is 3.66. The smallest absolute Gasteiger partial charge is 0.326 e. The van der Waals surface area contributed by atoms with Crippen LogP contribution in [0.3, 0.4) is 0 Å². The van der Waals surface area contributed by atoms with Gasteiger partial charge in [-0.1, -0.05) is 45.1 Å². The van der Waals surface area contributed by atoms with Crippen molar-refractivity contribution in [1.29, 1.82) is 0 Å². The van der Waals surface area contributed by atoms with Crippen LogP contribution in [-0.2, 0) is 16.1 Å². The predicted molar refractivity (Wildman–Crippen MR) is 96.1 cm³/mol. The summed E-state index contributed by atoms with van der Waals surface area (Å²) >= 11 is 0. The summed E-state index contributed by atoms with van der Waals surface area (Å²) in [5.41, 5.74) is 0.772. The number of amides is 2. The Morgan fingerprint density at radius 2 is 1.76 bits per heavy atom. The van der Waals surface area contributed by atoms with Crippen LogP contribution in [0, 0.1) is 5.41 Å². The van der Waals surface area contributed by atoms with Gasteiger partial charge in [0.15, 0.2) is 0 Å². The number of nitrogens with one attached hydrogen (secondary N) is 2. The second-order valence-corrected chi connectivity index (χ2v) is 6.80. The van der Waals surface area contributed by atoms with Crippen molar-refractivity contribution in [2.45, 2.75) is 46.7 Å². The summed E-state index contributed by atoms with van der Waals surface area (Å²) in [6.45, 7) is 7.67. The van der Waals surface area contributed by atoms with Crippen molar-refractivity contribution in [1.82, 2.24) is 10.6 Å². The Kier molecular flexibility index (Phi) is 7.36. The van der Waals surface area contributed by atoms with Gasteiger partial charge in [0.1, 0.15) is 6.04 Å². The molecule has 0 fully saturated rings. The molecule has 25 heavy (non-hydrogen) atoms. The van der Waals surface area contributed by atoms with Gasteiger partial charge in [-0.15, -0.1) is 0 Å². The predicted octanol–water partition coefficient (Wildman–Crippen LogP) is 2.50. The van der Waals surface area contributed by atoms with E-state index in [4.69, 9.17) is 5.11 Å². The number of hydrogen-bond donors (Lipinski definition) is 3. The van der Waals surface area contributed by atoms with Crippen LogP contribution in [0.25, 0.3) is 0 Å². The maximum atomic E-state index is 12.2. The molecule has 0 saturated heterocycles. The van der Waals surface area contributed by atoms with E-state index < -0.39 is 23.3 Å². The van der Waals surface area contributed by atoms with E-state index in [9.17, 15) is 14.4 Å². The van der Waals surface area contributed by atoms with E-state index in [1.807, 2.05) is 20.8 Å². The molecule has 1 unspecified atom stereocenters. The number of carboxylic acid groups (broad SMARTS) is 1. The summed E-state index contributed by atoms with van der Waals surface area (Å²) in [4.78, 5) is 35.2. The van der Waals surface area contributed by atoms with E-state index >= 15 is 0 Å². The van der Waals surface area contributed by atoms with Crippen molar-refractivity contribution < 1.29 is 19.5 Å². The zero-order valence-corrected chi connectivity index (χ0v) is 15.1. The molecule has 0 aliphatic carbocycles. The minimum atomic E-state index is -1.08. The monoisotopic (exact) mass is 346 g/mol. The van der Waals surface area contributed by atoms with Crippen LogP contribution in [0.5, 0.6) is 0 Å². The molecule has 1 aromatic rings. The first-order chi connectivity index (χ1) is 11.6. The Morgan fingerprint density at radius 3 is 2.24 bits per heavy atom. The fourth-order valence-electron chi connectivity index (χ4n) is 1.96. The molecule has 6 heteroatoms. The summed E-state index contributed by atoms with van der Waals surface area (Å²) in [5.74, 6) is -1.57. The van der Waals surface area contributed by atoms with Crippen molar-refractivity contribution >= 4 is 17.8 Å². The Bertz CT molecular complexity index is 642. The van der Waals surface area contributed by atoms with Gasteiger partial charge in [-0.25, -0.2) is 4.79 Å². The molecule has 0 saturated carbocycles. The molecule has 0 heterocycles. The van der Waals surface area contributed by atoms with Crippen LogP contribution in [0.15, 0.2) is 36.4 Å². The zero-order valence-electron chi connectivity index (χ0n) is 15.1. The lowest BCUT2D eigenvalue weighted by Crippen LogP contribution is -2.40. The summed E-state index contributed by atoms with van der Waals surface area (Å²) in [5, 5.41) is 14.5. The summed E-state index contributed by atoms with van der Waals surface area (Å²) in [7, 11) is 0. The van der Waals surface area contributed by atoms with Crippen LogP contribution in [0.1, 0.15) is 50.0 Å². The fourth-order valence-corrected chi connectivity index (χ4v) is 1.96. The minimum absolute atomic E-state index is 0.0531. The molecule has 0 aliphatic rings. The molecule has 1 aromatic carbocycles. The molecule has 6 nitrogen and oxygen atoms in total. The van der Waals surface area contributed by atoms with E-state index in [-0.39, 0.29) is 12.3 Å². The van der Waals surface area contributed by atoms with Gasteiger partial charge in [0.05, 0.1) is 0 Å². The Labute approximate surface area is 148 Å². The molecular weight excluding hydrogens is 320 g/mol. The minimum Gasteiger partial charge on any atom is -0.480 e. The van der Waals surface area contributed by atoms with Crippen LogP contribution >= 0.6 is 0 Å². The van der Waals surface area contributed by atoms with E-state index in [1.165, 1.54) is 0 Å². The molecule has 0 aliphatic heterocycles. The van der Waals surface area contributed by atoms with E-state index in [0.717, 1.165) is 5.56 Å². The van der Waals surface area contributed by atoms with Gasteiger partial charge in [-0.3, -0.25) is 9.59 Å². The average Bonchev–Trinajstić information content (AvgIpc) is 2.55. The fraction of sp³-hybridized carbons (Fsp3) is 0.421. The van der Waals surface area contributed by atoms with Crippen molar-refractivity contribution in [2.75, 3.05) is 0 Å². The van der Waals surface area contributed by atoms with E-state index in [2.05, 4.69) is 10.6 Å². The summed E-state index contributed by atoms with van der Waals surface area (Å²) in [6, 6.07) is 5.74. The molecule has 1 rings (SSSR count). The first-order valence-corrected chi connectivity index (χ1v) is 8.17. The highest BCUT2D eigenvalue weighted by atomic mass is 16.4. The van der Waals surface area contributed by atoms with E-state index in [0.29, 0.717) is 12.1 Å². The Morgan fingerprint density at radius 1 is 1.16 bits per heavy atom. The number of carboxylic acids is 1. The Hall–Kier alpha value is -2.63. The highest BCUT2D eigenvalue weighted by Gasteiger charge is 2.21. The molecular formula is C19H26N2O4. The van der Waals surface area contributed by atoms with Crippen LogP contribution < -0.4 is 10.6 Å². The van der Waals surface area contributed by atoms with Crippen molar-refractivity contribution in [3.63, 3.8) is 0 Å². The van der Waals surface area contributed by atoms with Gasteiger partial charge in [-0.2, -0.15) is 0 Å². The quantitative estimate of drug-likeness (QED) is 0.661. The first kappa shape index (κ1) is 20.4. The second-order valence-electron chi connectivity index (χ2n) is 6.80. The van der Waals surface area contributed by atoms with Crippen molar-refractivity contribution in [2.24, 2.45) is 5.41 Å². The maximum absolute atomic E-state index is 12.2. The zero-order chi connectivity index (χ0) is 19.0. The van der Waals surface area contributed by atoms with Gasteiger partial charge < -0.3 is 15.7 Å².